The van der Waals surface area contributed by atoms with Gasteiger partial charge in [-0.25, -0.2) is 4.79 Å². The summed E-state index contributed by atoms with van der Waals surface area (Å²) in [6.07, 6.45) is 1.52. The third kappa shape index (κ3) is 8.10. The van der Waals surface area contributed by atoms with E-state index < -0.39 is 29.7 Å². The van der Waals surface area contributed by atoms with Crippen molar-refractivity contribution in [3.8, 4) is 0 Å². The van der Waals surface area contributed by atoms with E-state index in [0.717, 1.165) is 6.42 Å². The first kappa shape index (κ1) is 23.1. The molecule has 0 heterocycles. The van der Waals surface area contributed by atoms with Crippen LogP contribution in [-0.4, -0.2) is 29.7 Å². The summed E-state index contributed by atoms with van der Waals surface area (Å²) in [5.74, 6) is -1.14. The van der Waals surface area contributed by atoms with Gasteiger partial charge in [0.05, 0.1) is 12.1 Å². The molecule has 0 aliphatic heterocycles. The fourth-order valence-electron chi connectivity index (χ4n) is 2.59. The van der Waals surface area contributed by atoms with Crippen LogP contribution in [-0.2, 0) is 20.9 Å². The van der Waals surface area contributed by atoms with Crippen LogP contribution in [0.3, 0.4) is 0 Å². The topological polar surface area (TPSA) is 98.5 Å². The largest absolute Gasteiger partial charge is 0.445 e. The molecule has 0 aromatic heterocycles. The van der Waals surface area contributed by atoms with Crippen LogP contribution in [0, 0.1) is 5.92 Å². The Balaban J connectivity index is 2.69. The predicted molar refractivity (Wildman–Crippen MR) is 106 cm³/mol. The van der Waals surface area contributed by atoms with Crippen molar-refractivity contribution in [2.75, 3.05) is 0 Å². The summed E-state index contributed by atoms with van der Waals surface area (Å²) in [4.78, 5) is 36.9. The summed E-state index contributed by atoms with van der Waals surface area (Å²) < 4.78 is 5.15. The van der Waals surface area contributed by atoms with E-state index in [0.29, 0.717) is 29.8 Å². The maximum atomic E-state index is 12.5. The number of halogens is 1. The lowest BCUT2D eigenvalue weighted by molar-refractivity contribution is -0.138. The van der Waals surface area contributed by atoms with Gasteiger partial charge in [-0.2, -0.15) is 0 Å². The average molecular weight is 397 g/mol. The van der Waals surface area contributed by atoms with Gasteiger partial charge in [-0.1, -0.05) is 63.4 Å². The Labute approximate surface area is 165 Å². The first-order valence-electron chi connectivity index (χ1n) is 9.26. The lowest BCUT2D eigenvalue weighted by Gasteiger charge is -2.19. The van der Waals surface area contributed by atoms with Crippen molar-refractivity contribution in [2.24, 2.45) is 11.7 Å². The molecule has 6 nitrogen and oxygen atoms in total. The van der Waals surface area contributed by atoms with E-state index in [1.54, 1.807) is 24.3 Å². The van der Waals surface area contributed by atoms with Crippen molar-refractivity contribution in [3.05, 3.63) is 34.9 Å². The molecule has 0 saturated carbocycles. The Bertz CT molecular complexity index is 649. The van der Waals surface area contributed by atoms with Crippen molar-refractivity contribution < 1.29 is 19.1 Å². The van der Waals surface area contributed by atoms with Gasteiger partial charge in [-0.15, -0.1) is 0 Å². The van der Waals surface area contributed by atoms with Gasteiger partial charge >= 0.3 is 6.09 Å². The number of carbonyl (C=O) groups excluding carboxylic acids is 3. The van der Waals surface area contributed by atoms with Crippen LogP contribution >= 0.6 is 11.6 Å². The maximum absolute atomic E-state index is 12.5. The van der Waals surface area contributed by atoms with Gasteiger partial charge in [0.2, 0.25) is 11.6 Å². The monoisotopic (exact) mass is 396 g/mol. The van der Waals surface area contributed by atoms with Crippen molar-refractivity contribution >= 4 is 29.3 Å². The van der Waals surface area contributed by atoms with E-state index in [1.807, 2.05) is 20.8 Å². The summed E-state index contributed by atoms with van der Waals surface area (Å²) in [6, 6.07) is 5.20. The summed E-state index contributed by atoms with van der Waals surface area (Å²) in [5, 5.41) is 2.99. The molecular weight excluding hydrogens is 368 g/mol. The van der Waals surface area contributed by atoms with Gasteiger partial charge in [0.1, 0.15) is 6.61 Å². The molecule has 1 aromatic carbocycles. The van der Waals surface area contributed by atoms with E-state index in [2.05, 4.69) is 5.32 Å². The van der Waals surface area contributed by atoms with Crippen molar-refractivity contribution in [1.82, 2.24) is 5.32 Å². The first-order valence-corrected chi connectivity index (χ1v) is 9.64. The number of nitrogens with two attached hydrogens (primary N) is 1. The molecule has 0 saturated heterocycles. The minimum atomic E-state index is -0.936. The SMILES string of the molecule is CCCC[C@H](NC(=O)OCc1ccccc1Cl)C(=O)C(=O)[C@@H](N)CC(C)C. The molecule has 0 unspecified atom stereocenters. The zero-order valence-electron chi connectivity index (χ0n) is 16.2. The summed E-state index contributed by atoms with van der Waals surface area (Å²) >= 11 is 6.03. The standard InChI is InChI=1S/C20H29ClN2O4/c1-4-5-10-17(19(25)18(24)16(22)11-13(2)3)23-20(26)27-12-14-8-6-7-9-15(14)21/h6-9,13,16-17H,4-5,10-12,22H2,1-3H3,(H,23,26)/t16-,17-/m0/s1. The molecule has 150 valence electrons. The number of ketones is 2. The van der Waals surface area contributed by atoms with E-state index in [4.69, 9.17) is 22.1 Å². The maximum Gasteiger partial charge on any atom is 0.408 e. The summed E-state index contributed by atoms with van der Waals surface area (Å²) in [6.45, 7) is 5.79. The Morgan fingerprint density at radius 1 is 1.19 bits per heavy atom. The Morgan fingerprint density at radius 2 is 1.85 bits per heavy atom. The number of hydrogen-bond donors (Lipinski definition) is 2. The van der Waals surface area contributed by atoms with E-state index in [9.17, 15) is 14.4 Å². The molecule has 3 N–H and O–H groups in total. The molecule has 0 aliphatic carbocycles. The minimum absolute atomic E-state index is 0.0268. The number of alkyl carbamates (subject to hydrolysis) is 1. The number of hydrogen-bond acceptors (Lipinski definition) is 5. The summed E-state index contributed by atoms with van der Waals surface area (Å²) in [5.41, 5.74) is 6.49. The Hall–Kier alpha value is -1.92. The zero-order chi connectivity index (χ0) is 20.4. The quantitative estimate of drug-likeness (QED) is 0.556. The third-order valence-corrected chi connectivity index (χ3v) is 4.45. The normalized spacial score (nSPS) is 13.1. The highest BCUT2D eigenvalue weighted by Gasteiger charge is 2.30. The number of unbranched alkanes of at least 4 members (excludes halogenated alkanes) is 1. The van der Waals surface area contributed by atoms with Crippen LogP contribution in [0.2, 0.25) is 5.02 Å². The summed E-state index contributed by atoms with van der Waals surface area (Å²) in [7, 11) is 0. The predicted octanol–water partition coefficient (Wildman–Crippen LogP) is 3.64. The number of amides is 1. The number of Topliss-reactive ketones (excluding diaryl/α,β-unsaturated/α-hetero) is 2. The van der Waals surface area contributed by atoms with Crippen LogP contribution in [0.5, 0.6) is 0 Å². The molecule has 1 amide bonds. The second-order valence-corrected chi connectivity index (χ2v) is 7.38. The minimum Gasteiger partial charge on any atom is -0.445 e. The number of benzene rings is 1. The molecule has 7 heteroatoms. The molecule has 0 radical (unpaired) electrons. The third-order valence-electron chi connectivity index (χ3n) is 4.08. The number of rotatable bonds is 11. The zero-order valence-corrected chi connectivity index (χ0v) is 16.9. The fraction of sp³-hybridized carbons (Fsp3) is 0.550. The van der Waals surface area contributed by atoms with Gasteiger partial charge in [0.15, 0.2) is 0 Å². The molecule has 27 heavy (non-hydrogen) atoms. The van der Waals surface area contributed by atoms with Crippen molar-refractivity contribution in [2.45, 2.75) is 65.1 Å². The Kier molecular flexibility index (Phi) is 10.0. The molecule has 0 fully saturated rings. The first-order chi connectivity index (χ1) is 12.8. The van der Waals surface area contributed by atoms with Gasteiger partial charge in [-0.05, 0) is 24.8 Å². The van der Waals surface area contributed by atoms with Gasteiger partial charge in [-0.3, -0.25) is 9.59 Å². The second kappa shape index (κ2) is 11.7. The molecule has 1 rings (SSSR count). The lowest BCUT2D eigenvalue weighted by Crippen LogP contribution is -2.49. The van der Waals surface area contributed by atoms with Crippen LogP contribution < -0.4 is 11.1 Å². The van der Waals surface area contributed by atoms with E-state index in [1.165, 1.54) is 0 Å². The molecule has 1 aromatic rings. The highest BCUT2D eigenvalue weighted by Crippen LogP contribution is 2.16. The van der Waals surface area contributed by atoms with Gasteiger partial charge < -0.3 is 15.8 Å². The van der Waals surface area contributed by atoms with Crippen molar-refractivity contribution in [3.63, 3.8) is 0 Å². The highest BCUT2D eigenvalue weighted by atomic mass is 35.5. The number of nitrogens with one attached hydrogen (secondary N) is 1. The van der Waals surface area contributed by atoms with Crippen molar-refractivity contribution in [1.29, 1.82) is 0 Å². The Morgan fingerprint density at radius 3 is 2.44 bits per heavy atom. The van der Waals surface area contributed by atoms with Gasteiger partial charge in [0.25, 0.3) is 0 Å². The van der Waals surface area contributed by atoms with Crippen LogP contribution in [0.15, 0.2) is 24.3 Å². The second-order valence-electron chi connectivity index (χ2n) is 6.97. The molecule has 0 bridgehead atoms. The van der Waals surface area contributed by atoms with E-state index in [-0.39, 0.29) is 12.5 Å². The lowest BCUT2D eigenvalue weighted by atomic mass is 9.94. The number of ether oxygens (including phenoxy) is 1. The molecule has 2 atom stereocenters. The fourth-order valence-corrected chi connectivity index (χ4v) is 2.78. The smallest absolute Gasteiger partial charge is 0.408 e. The average Bonchev–Trinajstić information content (AvgIpc) is 2.62. The van der Waals surface area contributed by atoms with Crippen LogP contribution in [0.1, 0.15) is 52.0 Å². The number of carbonyl (C=O) groups is 3. The van der Waals surface area contributed by atoms with Crippen LogP contribution in [0.4, 0.5) is 4.79 Å². The molecular formula is C20H29ClN2O4. The highest BCUT2D eigenvalue weighted by molar-refractivity contribution is 6.41. The van der Waals surface area contributed by atoms with Gasteiger partial charge in [0, 0.05) is 10.6 Å². The molecule has 0 spiro atoms. The van der Waals surface area contributed by atoms with Crippen LogP contribution in [0.25, 0.3) is 0 Å². The molecule has 0 aliphatic rings. The van der Waals surface area contributed by atoms with E-state index >= 15 is 0 Å².